The number of aromatic nitrogens is 1. The van der Waals surface area contributed by atoms with Gasteiger partial charge in [0.15, 0.2) is 0 Å². The molecule has 1 aliphatic carbocycles. The summed E-state index contributed by atoms with van der Waals surface area (Å²) in [4.78, 5) is 33.7. The second kappa shape index (κ2) is 36.3. The van der Waals surface area contributed by atoms with E-state index in [0.717, 1.165) is 97.3 Å². The molecule has 0 bridgehead atoms. The number of hydrogen-bond donors (Lipinski definition) is 0. The lowest BCUT2D eigenvalue weighted by Crippen LogP contribution is -2.40. The van der Waals surface area contributed by atoms with Crippen molar-refractivity contribution in [1.82, 2.24) is 4.98 Å². The molecule has 2 aromatic rings. The maximum absolute atomic E-state index is 13.7. The maximum Gasteiger partial charge on any atom is 0.303 e. The topological polar surface area (TPSA) is 68.6 Å². The predicted octanol–water partition coefficient (Wildman–Crippen LogP) is 19.4. The van der Waals surface area contributed by atoms with Crippen molar-refractivity contribution in [1.29, 1.82) is 0 Å². The molecule has 0 radical (unpaired) electrons. The van der Waals surface area contributed by atoms with Crippen LogP contribution in [0.2, 0.25) is 0 Å². The molecule has 0 aliphatic heterocycles. The van der Waals surface area contributed by atoms with Gasteiger partial charge in [0.25, 0.3) is 0 Å². The average Bonchev–Trinajstić information content (AvgIpc) is 3.20. The number of rotatable bonds is 18. The van der Waals surface area contributed by atoms with E-state index in [4.69, 9.17) is 14.7 Å². The first-order valence-corrected chi connectivity index (χ1v) is 26.7. The number of esters is 1. The molecule has 1 aromatic heterocycles. The molecule has 1 atom stereocenters. The number of ketones is 1. The van der Waals surface area contributed by atoms with E-state index in [1.54, 1.807) is 0 Å². The van der Waals surface area contributed by atoms with Gasteiger partial charge in [0, 0.05) is 30.3 Å². The van der Waals surface area contributed by atoms with Crippen LogP contribution in [-0.2, 0) is 26.2 Å². The van der Waals surface area contributed by atoms with Crippen LogP contribution >= 0.6 is 0 Å². The van der Waals surface area contributed by atoms with Crippen molar-refractivity contribution >= 4 is 23.7 Å². The lowest BCUT2D eigenvalue weighted by molar-refractivity contribution is -0.151. The van der Waals surface area contributed by atoms with Crippen molar-refractivity contribution < 1.29 is 14.3 Å². The number of benzene rings is 1. The summed E-state index contributed by atoms with van der Waals surface area (Å²) in [5.74, 6) is 3.24. The van der Waals surface area contributed by atoms with Crippen LogP contribution in [0.15, 0.2) is 29.3 Å². The second-order valence-electron chi connectivity index (χ2n) is 21.5. The van der Waals surface area contributed by atoms with Crippen LogP contribution in [0, 0.1) is 42.9 Å². The summed E-state index contributed by atoms with van der Waals surface area (Å²) in [5.41, 5.74) is 7.59. The highest BCUT2D eigenvalue weighted by Gasteiger charge is 2.41. The zero-order valence-corrected chi connectivity index (χ0v) is 47.6. The summed E-state index contributed by atoms with van der Waals surface area (Å²) in [6, 6.07) is 8.73. The molecule has 0 amide bonds. The number of carbonyl (C=O) groups excluding carboxylic acids is 2. The highest BCUT2D eigenvalue weighted by atomic mass is 16.6. The molecule has 0 spiro atoms. The fourth-order valence-corrected chi connectivity index (χ4v) is 8.21. The van der Waals surface area contributed by atoms with Crippen molar-refractivity contribution in [3.63, 3.8) is 0 Å². The third-order valence-electron chi connectivity index (χ3n) is 11.8. The molecular formula is C60H110N2O3. The summed E-state index contributed by atoms with van der Waals surface area (Å²) < 4.78 is 4.80. The van der Waals surface area contributed by atoms with Crippen molar-refractivity contribution in [2.24, 2.45) is 34.1 Å². The normalized spacial score (nSPS) is 15.0. The number of pyridine rings is 1. The van der Waals surface area contributed by atoms with Crippen LogP contribution in [0.1, 0.15) is 264 Å². The Morgan fingerprint density at radius 3 is 1.66 bits per heavy atom. The van der Waals surface area contributed by atoms with Gasteiger partial charge in [-0.15, -0.1) is 0 Å². The Bertz CT molecular complexity index is 1550. The van der Waals surface area contributed by atoms with Crippen LogP contribution in [-0.4, -0.2) is 28.6 Å². The summed E-state index contributed by atoms with van der Waals surface area (Å²) in [7, 11) is 0. The molecular weight excluding hydrogens is 797 g/mol. The number of aliphatic imine (C=N–C) groups is 1. The minimum atomic E-state index is -0.396. The lowest BCUT2D eigenvalue weighted by atomic mass is 9.66. The number of unbranched alkanes of at least 4 members (excludes halogenated alkanes) is 1. The molecule has 5 heteroatoms. The van der Waals surface area contributed by atoms with E-state index in [-0.39, 0.29) is 17.5 Å². The molecule has 0 saturated heterocycles. The van der Waals surface area contributed by atoms with Gasteiger partial charge in [-0.05, 0) is 138 Å². The van der Waals surface area contributed by atoms with E-state index in [2.05, 4.69) is 156 Å². The number of carbonyl (C=O) groups is 2. The first-order chi connectivity index (χ1) is 30.3. The molecule has 0 N–H and O–H groups in total. The van der Waals surface area contributed by atoms with Crippen LogP contribution in [0.5, 0.6) is 0 Å². The molecule has 5 nitrogen and oxygen atoms in total. The highest BCUT2D eigenvalue weighted by molar-refractivity contribution is 5.92. The van der Waals surface area contributed by atoms with Gasteiger partial charge in [-0.3, -0.25) is 19.6 Å². The molecule has 1 saturated carbocycles. The Morgan fingerprint density at radius 1 is 0.800 bits per heavy atom. The van der Waals surface area contributed by atoms with Crippen molar-refractivity contribution in [2.75, 3.05) is 0 Å². The van der Waals surface area contributed by atoms with Crippen LogP contribution in [0.3, 0.4) is 0 Å². The van der Waals surface area contributed by atoms with E-state index in [0.29, 0.717) is 11.2 Å². The molecule has 1 aliphatic rings. The number of hydrogen-bond acceptors (Lipinski definition) is 5. The highest BCUT2D eigenvalue weighted by Crippen LogP contribution is 2.41. The summed E-state index contributed by atoms with van der Waals surface area (Å²) >= 11 is 0. The summed E-state index contributed by atoms with van der Waals surface area (Å²) in [6.45, 7) is 48.7. The smallest absolute Gasteiger partial charge is 0.303 e. The fraction of sp³-hybridized carbons (Fsp3) is 0.767. The van der Waals surface area contributed by atoms with Crippen molar-refractivity contribution in [2.45, 2.75) is 273 Å². The van der Waals surface area contributed by atoms with Gasteiger partial charge >= 0.3 is 5.97 Å². The third-order valence-corrected chi connectivity index (χ3v) is 11.8. The lowest BCUT2D eigenvalue weighted by Gasteiger charge is -2.36. The Hall–Kier alpha value is -2.82. The Morgan fingerprint density at radius 2 is 1.32 bits per heavy atom. The molecule has 65 heavy (non-hydrogen) atoms. The van der Waals surface area contributed by atoms with Gasteiger partial charge in [-0.1, -0.05) is 181 Å². The third kappa shape index (κ3) is 28.9. The molecule has 1 heterocycles. The molecule has 378 valence electrons. The van der Waals surface area contributed by atoms with E-state index in [1.807, 2.05) is 27.0 Å². The van der Waals surface area contributed by atoms with Crippen LogP contribution in [0.4, 0.5) is 5.69 Å². The number of ether oxygens (including phenoxy) is 1. The van der Waals surface area contributed by atoms with E-state index in [1.165, 1.54) is 69.4 Å². The van der Waals surface area contributed by atoms with E-state index in [9.17, 15) is 9.59 Å². The summed E-state index contributed by atoms with van der Waals surface area (Å²) in [5, 5.41) is 0. The Balaban J connectivity index is -0.000000990. The monoisotopic (exact) mass is 907 g/mol. The minimum absolute atomic E-state index is 0.0756. The largest absolute Gasteiger partial charge is 0.460 e. The second-order valence-corrected chi connectivity index (χ2v) is 21.5. The average molecular weight is 908 g/mol. The number of nitrogens with zero attached hydrogens (tertiary/aromatic N) is 2. The zero-order valence-electron chi connectivity index (χ0n) is 47.6. The minimum Gasteiger partial charge on any atom is -0.460 e. The van der Waals surface area contributed by atoms with Crippen molar-refractivity contribution in [3.8, 4) is 11.3 Å². The van der Waals surface area contributed by atoms with E-state index < -0.39 is 5.41 Å². The van der Waals surface area contributed by atoms with E-state index >= 15 is 0 Å². The fourth-order valence-electron chi connectivity index (χ4n) is 8.21. The predicted molar refractivity (Wildman–Crippen MR) is 291 cm³/mol. The first kappa shape index (κ1) is 66.5. The number of aryl methyl sites for hydroxylation is 2. The molecule has 1 fully saturated rings. The van der Waals surface area contributed by atoms with Gasteiger partial charge < -0.3 is 4.74 Å². The molecule has 3 rings (SSSR count). The van der Waals surface area contributed by atoms with Gasteiger partial charge in [0.2, 0.25) is 0 Å². The quantitative estimate of drug-likeness (QED) is 0.110. The Labute approximate surface area is 406 Å². The van der Waals surface area contributed by atoms with Gasteiger partial charge in [-0.25, -0.2) is 0 Å². The first-order valence-electron chi connectivity index (χ1n) is 26.7. The van der Waals surface area contributed by atoms with Crippen molar-refractivity contribution in [3.05, 3.63) is 46.6 Å². The Kier molecular flexibility index (Phi) is 37.1. The summed E-state index contributed by atoms with van der Waals surface area (Å²) in [6.07, 6.45) is 20.8. The maximum atomic E-state index is 13.7. The van der Waals surface area contributed by atoms with Crippen LogP contribution < -0.4 is 0 Å². The molecule has 1 unspecified atom stereocenters. The van der Waals surface area contributed by atoms with Gasteiger partial charge in [-0.2, -0.15) is 0 Å². The van der Waals surface area contributed by atoms with Gasteiger partial charge in [0.05, 0.1) is 16.8 Å². The zero-order chi connectivity index (χ0) is 51.0. The molecule has 1 aromatic carbocycles. The number of Topliss-reactive ketones (excluding diaryl/α,β-unsaturated/α-hetero) is 1. The van der Waals surface area contributed by atoms with Gasteiger partial charge in [0.1, 0.15) is 11.4 Å². The van der Waals surface area contributed by atoms with Crippen LogP contribution in [0.25, 0.3) is 11.3 Å². The SMILES string of the molecule is CC(=O)OC(C)(C)C.CC(C)C.CCC.CCCC(C)(C)CC.CCCC1CC(C)C1.CCCC=Nc1cc(-c2ccc(C(CCC)(CCC)C(=O)C(C)CC)c(C)c2)nc(CC)c1C. The standard InChI is InChI=1S/C31H46N2O.C8H16.C8H18.C6H12O2.C4H10.C3H8/c1-9-14-19-32-28-21-29(33-27(13-5)24(28)8)25-15-16-26(23(7)20-25)31(17-10-2,18-11-3)30(34)22(6)12-4;1-3-4-8-5-7(2)6-8;1-5-7-8(3,4)6-2;1-5(7)8-6(2,3)4;1-4(2)3;1-3-2/h15-16,19-22H,9-14,17-18H2,1-8H3;7-8H,3-6H2,1-2H3;5-7H2,1-4H3;1-4H3;4H,1-3H3;3H2,1-2H3.